The largest absolute Gasteiger partial charge is 2.00 e. The van der Waals surface area contributed by atoms with E-state index in [0.717, 1.165) is 0 Å². The maximum atomic E-state index is 8.36. The molecule has 0 saturated heterocycles. The smallest absolute Gasteiger partial charge is 1.00 e. The molecule has 0 aliphatic rings. The summed E-state index contributed by atoms with van der Waals surface area (Å²) in [4.78, 5) is 8.36. The third kappa shape index (κ3) is 707. The Hall–Kier alpha value is 0.166. The summed E-state index contributed by atoms with van der Waals surface area (Å²) in [6.45, 7) is -0.250. The molecular formula is CH5FMgO2. The van der Waals surface area contributed by atoms with E-state index >= 15 is 0 Å². The van der Waals surface area contributed by atoms with Gasteiger partial charge in [0.1, 0.15) is 0 Å². The molecule has 4 heteroatoms. The summed E-state index contributed by atoms with van der Waals surface area (Å²) in [5.74, 6) is 0. The van der Waals surface area contributed by atoms with Crippen LogP contribution in [0.5, 0.6) is 0 Å². The standard InChI is InChI=1S/CH2O2.FH.Mg.2H/c2-1-3;;;;/h1H,(H,2,3);1H;;;/q;;+2;2*-1. The van der Waals surface area contributed by atoms with Crippen LogP contribution in [0.15, 0.2) is 0 Å². The van der Waals surface area contributed by atoms with Crippen molar-refractivity contribution in [2.75, 3.05) is 0 Å². The van der Waals surface area contributed by atoms with Gasteiger partial charge in [-0.3, -0.25) is 9.50 Å². The van der Waals surface area contributed by atoms with Crippen LogP contribution in [0.2, 0.25) is 0 Å². The molecule has 0 rings (SSSR count). The first-order valence-electron chi connectivity index (χ1n) is 0.494. The van der Waals surface area contributed by atoms with Crippen LogP contribution in [0.3, 0.4) is 0 Å². The molecule has 2 nitrogen and oxygen atoms in total. The fourth-order valence-electron chi connectivity index (χ4n) is 0. The topological polar surface area (TPSA) is 37.3 Å². The second-order valence-electron chi connectivity index (χ2n) is 0.105. The number of rotatable bonds is 0. The maximum absolute atomic E-state index is 8.36. The Morgan fingerprint density at radius 3 is 1.80 bits per heavy atom. The molecule has 0 aromatic heterocycles. The molecule has 0 fully saturated rings. The van der Waals surface area contributed by atoms with Gasteiger partial charge in [-0.1, -0.05) is 0 Å². The van der Waals surface area contributed by atoms with E-state index in [-0.39, 0.29) is 37.1 Å². The van der Waals surface area contributed by atoms with Gasteiger partial charge in [0.2, 0.25) is 0 Å². The average Bonchev–Trinajstić information content (AvgIpc) is 0.918. The van der Waals surface area contributed by atoms with Gasteiger partial charge < -0.3 is 7.96 Å². The minimum absolute atomic E-state index is 0. The zero-order chi connectivity index (χ0) is 2.71. The maximum Gasteiger partial charge on any atom is 2.00 e. The molecule has 0 aromatic carbocycles. The number of carboxylic acid groups (broad SMARTS) is 1. The molecule has 0 atom stereocenters. The second-order valence-corrected chi connectivity index (χ2v) is 0.105. The molecule has 0 spiro atoms. The van der Waals surface area contributed by atoms with E-state index in [2.05, 4.69) is 0 Å². The fraction of sp³-hybridized carbons (Fsp3) is 0. The Labute approximate surface area is 47.7 Å². The van der Waals surface area contributed by atoms with E-state index in [1.54, 1.807) is 0 Å². The molecule has 0 saturated carbocycles. The Morgan fingerprint density at radius 2 is 1.80 bits per heavy atom. The van der Waals surface area contributed by atoms with Crippen molar-refractivity contribution in [1.82, 2.24) is 0 Å². The Kier molecular flexibility index (Phi) is 117. The number of hydrogen-bond acceptors (Lipinski definition) is 1. The Morgan fingerprint density at radius 1 is 1.80 bits per heavy atom. The van der Waals surface area contributed by atoms with Gasteiger partial charge in [-0.05, 0) is 0 Å². The van der Waals surface area contributed by atoms with Crippen molar-refractivity contribution < 1.29 is 17.5 Å². The van der Waals surface area contributed by atoms with Crippen molar-refractivity contribution in [3.05, 3.63) is 0 Å². The summed E-state index contributed by atoms with van der Waals surface area (Å²) in [6, 6.07) is 0. The van der Waals surface area contributed by atoms with Gasteiger partial charge in [0.25, 0.3) is 6.47 Å². The van der Waals surface area contributed by atoms with E-state index in [4.69, 9.17) is 9.90 Å². The van der Waals surface area contributed by atoms with Crippen molar-refractivity contribution in [2.24, 2.45) is 0 Å². The molecule has 0 bridgehead atoms. The minimum Gasteiger partial charge on any atom is -1.00 e. The van der Waals surface area contributed by atoms with E-state index in [0.29, 0.717) is 0 Å². The third-order valence-electron chi connectivity index (χ3n) is 0. The second kappa shape index (κ2) is 30.7. The predicted molar refractivity (Wildman–Crippen MR) is 19.2 cm³/mol. The van der Waals surface area contributed by atoms with Crippen molar-refractivity contribution in [2.45, 2.75) is 0 Å². The van der Waals surface area contributed by atoms with Crippen LogP contribution in [-0.4, -0.2) is 34.6 Å². The molecule has 0 aliphatic carbocycles. The van der Waals surface area contributed by atoms with Crippen LogP contribution < -0.4 is 0 Å². The zero-order valence-electron chi connectivity index (χ0n) is 4.55. The zero-order valence-corrected chi connectivity index (χ0v) is 3.96. The van der Waals surface area contributed by atoms with Gasteiger partial charge in [0.15, 0.2) is 0 Å². The predicted octanol–water partition coefficient (Wildman–Crippen LogP) is -0.303. The van der Waals surface area contributed by atoms with Crippen LogP contribution in [0.1, 0.15) is 2.85 Å². The van der Waals surface area contributed by atoms with E-state index in [9.17, 15) is 0 Å². The fourth-order valence-corrected chi connectivity index (χ4v) is 0. The Balaban J connectivity index is -0.00000000333. The van der Waals surface area contributed by atoms with Crippen LogP contribution >= 0.6 is 0 Å². The van der Waals surface area contributed by atoms with Gasteiger partial charge >= 0.3 is 23.1 Å². The van der Waals surface area contributed by atoms with Crippen molar-refractivity contribution in [1.29, 1.82) is 0 Å². The normalized spacial score (nSPS) is 2.40. The minimum atomic E-state index is -0.250. The quantitative estimate of drug-likeness (QED) is 0.329. The molecule has 30 valence electrons. The molecule has 0 heterocycles. The average molecular weight is 92.4 g/mol. The van der Waals surface area contributed by atoms with Crippen LogP contribution in [-0.2, 0) is 4.79 Å². The molecule has 0 radical (unpaired) electrons. The van der Waals surface area contributed by atoms with Gasteiger partial charge in [-0.15, -0.1) is 0 Å². The van der Waals surface area contributed by atoms with Crippen molar-refractivity contribution in [3.63, 3.8) is 0 Å². The summed E-state index contributed by atoms with van der Waals surface area (Å²) >= 11 is 0. The summed E-state index contributed by atoms with van der Waals surface area (Å²) in [5.41, 5.74) is 0. The van der Waals surface area contributed by atoms with E-state index in [1.807, 2.05) is 0 Å². The number of hydrogen-bond donors (Lipinski definition) is 1. The van der Waals surface area contributed by atoms with E-state index < -0.39 is 0 Å². The summed E-state index contributed by atoms with van der Waals surface area (Å²) < 4.78 is 0. The summed E-state index contributed by atoms with van der Waals surface area (Å²) in [6.07, 6.45) is 0. The monoisotopic (exact) mass is 92.0 g/mol. The SMILES string of the molecule is F.O=CO.[H-].[H-].[Mg+2]. The van der Waals surface area contributed by atoms with Crippen LogP contribution in [0, 0.1) is 0 Å². The molecule has 5 heavy (non-hydrogen) atoms. The summed E-state index contributed by atoms with van der Waals surface area (Å²) in [5, 5.41) is 6.89. The first-order valence-corrected chi connectivity index (χ1v) is 0.494. The molecular weight excluding hydrogens is 87.3 g/mol. The van der Waals surface area contributed by atoms with Gasteiger partial charge in [0.05, 0.1) is 0 Å². The molecule has 0 unspecified atom stereocenters. The van der Waals surface area contributed by atoms with Crippen LogP contribution in [0.4, 0.5) is 4.70 Å². The van der Waals surface area contributed by atoms with Gasteiger partial charge in [-0.2, -0.15) is 0 Å². The molecule has 0 aromatic rings. The van der Waals surface area contributed by atoms with E-state index in [1.165, 1.54) is 0 Å². The van der Waals surface area contributed by atoms with Crippen LogP contribution in [0.25, 0.3) is 0 Å². The first kappa shape index (κ1) is 19.1. The number of carbonyl (C=O) groups is 1. The Bertz CT molecular complexity index is 23.2. The van der Waals surface area contributed by atoms with Gasteiger partial charge in [0, 0.05) is 0 Å². The first-order chi connectivity index (χ1) is 1.41. The van der Waals surface area contributed by atoms with Crippen molar-refractivity contribution in [3.8, 4) is 0 Å². The molecule has 1 N–H and O–H groups in total. The van der Waals surface area contributed by atoms with Gasteiger partial charge in [-0.25, -0.2) is 0 Å². The molecule has 0 aliphatic heterocycles. The van der Waals surface area contributed by atoms with Crippen molar-refractivity contribution >= 4 is 29.5 Å². The number of halogens is 1. The molecule has 0 amide bonds. The third-order valence-corrected chi connectivity index (χ3v) is 0. The summed E-state index contributed by atoms with van der Waals surface area (Å²) in [7, 11) is 0.